The molecule has 2 aromatic rings. The third kappa shape index (κ3) is 9.71. The smallest absolute Gasteiger partial charge is 0.279 e. The molecule has 2 unspecified atom stereocenters. The fraction of sp³-hybridized carbons (Fsp3) is 0.545. The maximum absolute atomic E-state index is 12.9. The van der Waals surface area contributed by atoms with E-state index >= 15 is 0 Å². The Labute approximate surface area is 372 Å². The first-order chi connectivity index (χ1) is 28.7. The minimum Gasteiger partial charge on any atom is -0.496 e. The molecule has 328 valence electrons. The SMILES string of the molecule is CCCCC(CC)COc1cc(C)c(OCC(CC)CCCC)c2c1SC(=C1C(=O)N(C)N(C)C1=O)S2.COc1cc(C)c(OC)c2c1SC(=C1C(=O)N(C)N(C)C1=O)S2. The minimum atomic E-state index is -0.296. The van der Waals surface area contributed by atoms with E-state index in [4.69, 9.17) is 18.9 Å². The number of rotatable bonds is 16. The monoisotopic (exact) mass is 900 g/mol. The summed E-state index contributed by atoms with van der Waals surface area (Å²) in [5, 5.41) is 5.37. The number of fused-ring (bicyclic) bond motifs is 2. The molecule has 12 nitrogen and oxygen atoms in total. The van der Waals surface area contributed by atoms with Crippen molar-refractivity contribution >= 4 is 70.7 Å². The second-order valence-electron chi connectivity index (χ2n) is 15.3. The average molecular weight is 901 g/mol. The molecular formula is C44H60N4O8S4. The molecular weight excluding hydrogens is 841 g/mol. The van der Waals surface area contributed by atoms with Crippen molar-refractivity contribution in [3.05, 3.63) is 42.9 Å². The maximum Gasteiger partial charge on any atom is 0.279 e. The number of hydrazine groups is 2. The summed E-state index contributed by atoms with van der Waals surface area (Å²) in [7, 11) is 9.62. The molecule has 0 aromatic heterocycles. The van der Waals surface area contributed by atoms with E-state index in [9.17, 15) is 19.2 Å². The molecule has 4 amide bonds. The Balaban J connectivity index is 0.000000253. The number of benzene rings is 2. The number of carbonyl (C=O) groups is 4. The van der Waals surface area contributed by atoms with Gasteiger partial charge in [-0.15, -0.1) is 0 Å². The number of methoxy groups -OCH3 is 2. The van der Waals surface area contributed by atoms with E-state index in [1.54, 1.807) is 42.4 Å². The lowest BCUT2D eigenvalue weighted by molar-refractivity contribution is -0.141. The highest BCUT2D eigenvalue weighted by molar-refractivity contribution is 8.25. The van der Waals surface area contributed by atoms with Crippen LogP contribution in [0.4, 0.5) is 0 Å². The summed E-state index contributed by atoms with van der Waals surface area (Å²) >= 11 is 5.70. The summed E-state index contributed by atoms with van der Waals surface area (Å²) in [6, 6.07) is 3.97. The van der Waals surface area contributed by atoms with E-state index < -0.39 is 0 Å². The molecule has 0 aliphatic carbocycles. The van der Waals surface area contributed by atoms with E-state index in [1.165, 1.54) is 92.8 Å². The lowest BCUT2D eigenvalue weighted by Crippen LogP contribution is -2.33. The van der Waals surface area contributed by atoms with Crippen molar-refractivity contribution in [2.24, 2.45) is 11.8 Å². The molecule has 4 heterocycles. The van der Waals surface area contributed by atoms with Gasteiger partial charge in [0.2, 0.25) is 0 Å². The Morgan fingerprint density at radius 2 is 0.917 bits per heavy atom. The number of hydrogen-bond acceptors (Lipinski definition) is 12. The van der Waals surface area contributed by atoms with Gasteiger partial charge in [-0.2, -0.15) is 0 Å². The maximum atomic E-state index is 12.9. The topological polar surface area (TPSA) is 118 Å². The quantitative estimate of drug-likeness (QED) is 0.118. The number of carbonyl (C=O) groups excluding carboxylic acids is 4. The Morgan fingerprint density at radius 1 is 0.533 bits per heavy atom. The first kappa shape index (κ1) is 47.4. The zero-order chi connectivity index (χ0) is 44.0. The van der Waals surface area contributed by atoms with Gasteiger partial charge in [0.25, 0.3) is 23.6 Å². The van der Waals surface area contributed by atoms with Crippen LogP contribution < -0.4 is 18.9 Å². The van der Waals surface area contributed by atoms with Crippen molar-refractivity contribution in [1.29, 1.82) is 0 Å². The normalized spacial score (nSPS) is 17.1. The fourth-order valence-corrected chi connectivity index (χ4v) is 12.6. The van der Waals surface area contributed by atoms with E-state index in [-0.39, 0.29) is 34.8 Å². The summed E-state index contributed by atoms with van der Waals surface area (Å²) in [5.74, 6) is 3.01. The first-order valence-electron chi connectivity index (χ1n) is 20.7. The van der Waals surface area contributed by atoms with Crippen molar-refractivity contribution in [2.45, 2.75) is 112 Å². The van der Waals surface area contributed by atoms with Crippen LogP contribution in [0.2, 0.25) is 0 Å². The number of thioether (sulfide) groups is 4. The summed E-state index contributed by atoms with van der Waals surface area (Å²) in [6.07, 6.45) is 9.25. The van der Waals surface area contributed by atoms with Gasteiger partial charge in [-0.3, -0.25) is 39.2 Å². The highest BCUT2D eigenvalue weighted by Crippen LogP contribution is 2.61. The molecule has 0 radical (unpaired) electrons. The van der Waals surface area contributed by atoms with Gasteiger partial charge < -0.3 is 18.9 Å². The fourth-order valence-electron chi connectivity index (χ4n) is 7.06. The van der Waals surface area contributed by atoms with Crippen LogP contribution >= 0.6 is 47.0 Å². The second kappa shape index (κ2) is 21.0. The number of nitrogens with zero attached hydrogens (tertiary/aromatic N) is 4. The molecule has 16 heteroatoms. The van der Waals surface area contributed by atoms with Crippen LogP contribution in [-0.2, 0) is 19.2 Å². The van der Waals surface area contributed by atoms with Gasteiger partial charge >= 0.3 is 0 Å². The first-order valence-corrected chi connectivity index (χ1v) is 23.9. The zero-order valence-corrected chi connectivity index (χ0v) is 40.3. The highest BCUT2D eigenvalue weighted by Gasteiger charge is 2.43. The molecule has 0 N–H and O–H groups in total. The Bertz CT molecular complexity index is 2010. The van der Waals surface area contributed by atoms with E-state index in [0.717, 1.165) is 73.6 Å². The van der Waals surface area contributed by atoms with Crippen LogP contribution in [0.25, 0.3) is 0 Å². The van der Waals surface area contributed by atoms with Crippen molar-refractivity contribution in [3.63, 3.8) is 0 Å². The molecule has 2 fully saturated rings. The lowest BCUT2D eigenvalue weighted by atomic mass is 10.0. The van der Waals surface area contributed by atoms with E-state index in [0.29, 0.717) is 39.3 Å². The average Bonchev–Trinajstić information content (AvgIpc) is 3.96. The summed E-state index contributed by atoms with van der Waals surface area (Å²) in [6.45, 7) is 14.2. The molecule has 0 bridgehead atoms. The molecule has 4 aliphatic rings. The molecule has 2 saturated heterocycles. The summed E-state index contributed by atoms with van der Waals surface area (Å²) in [4.78, 5) is 54.2. The third-order valence-electron chi connectivity index (χ3n) is 11.3. The molecule has 0 saturated carbocycles. The minimum absolute atomic E-state index is 0.197. The van der Waals surface area contributed by atoms with Crippen molar-refractivity contribution in [3.8, 4) is 23.0 Å². The molecule has 4 aliphatic heterocycles. The zero-order valence-electron chi connectivity index (χ0n) is 37.1. The van der Waals surface area contributed by atoms with Gasteiger partial charge in [0.1, 0.15) is 34.1 Å². The highest BCUT2D eigenvalue weighted by atomic mass is 32.2. The Kier molecular flexibility index (Phi) is 16.6. The molecule has 6 rings (SSSR count). The Hall–Kier alpha value is -3.60. The van der Waals surface area contributed by atoms with Crippen LogP contribution in [0.1, 0.15) is 90.2 Å². The van der Waals surface area contributed by atoms with Crippen molar-refractivity contribution in [1.82, 2.24) is 20.0 Å². The molecule has 0 spiro atoms. The predicted molar refractivity (Wildman–Crippen MR) is 242 cm³/mol. The van der Waals surface area contributed by atoms with Gasteiger partial charge in [0, 0.05) is 28.2 Å². The standard InChI is InChI=1S/C29H44N2O4S2.C15H16N2O4S2/c1-8-12-14-20(10-3)17-34-22-16-19(5)24(35-18-21(11-4)15-13-9-2)26-25(22)36-29(37-26)23-27(32)30(6)31(7)28(23)33;1-7-6-8(20-4)11-12(10(7)21-5)23-15(22-11)9-13(18)16(2)17(3)14(9)19/h16,20-21H,8-15,17-18H2,1-7H3;6H,1-5H3. The second-order valence-corrected chi connectivity index (χ2v) is 19.9. The van der Waals surface area contributed by atoms with E-state index in [1.807, 2.05) is 13.0 Å². The van der Waals surface area contributed by atoms with Gasteiger partial charge in [-0.05, 0) is 61.8 Å². The number of unbranched alkanes of at least 4 members (excludes halogenated alkanes) is 2. The largest absolute Gasteiger partial charge is 0.496 e. The molecule has 2 aromatic carbocycles. The van der Waals surface area contributed by atoms with Crippen LogP contribution in [0.3, 0.4) is 0 Å². The number of ether oxygens (including phenoxy) is 4. The van der Waals surface area contributed by atoms with Crippen LogP contribution in [0.5, 0.6) is 23.0 Å². The molecule has 2 atom stereocenters. The third-order valence-corrected chi connectivity index (χ3v) is 16.5. The van der Waals surface area contributed by atoms with Gasteiger partial charge in [0.15, 0.2) is 0 Å². The predicted octanol–water partition coefficient (Wildman–Crippen LogP) is 9.71. The van der Waals surface area contributed by atoms with Gasteiger partial charge in [-0.25, -0.2) is 0 Å². The van der Waals surface area contributed by atoms with Crippen LogP contribution in [-0.4, -0.2) is 99.3 Å². The van der Waals surface area contributed by atoms with Crippen LogP contribution in [0, 0.1) is 25.7 Å². The molecule has 60 heavy (non-hydrogen) atoms. The number of amides is 4. The summed E-state index contributed by atoms with van der Waals surface area (Å²) < 4.78 is 25.2. The van der Waals surface area contributed by atoms with Crippen molar-refractivity contribution in [2.75, 3.05) is 55.6 Å². The van der Waals surface area contributed by atoms with Crippen LogP contribution in [0.15, 0.2) is 51.3 Å². The van der Waals surface area contributed by atoms with Crippen molar-refractivity contribution < 1.29 is 38.1 Å². The Morgan fingerprint density at radius 3 is 1.33 bits per heavy atom. The number of hydrogen-bond donors (Lipinski definition) is 0. The summed E-state index contributed by atoms with van der Waals surface area (Å²) in [5.41, 5.74) is 2.40. The lowest BCUT2D eigenvalue weighted by Gasteiger charge is -2.21. The number of likely N-dealkylation sites (N-methyl/N-ethyl adjacent to an activating group) is 4. The van der Waals surface area contributed by atoms with Gasteiger partial charge in [0.05, 0.1) is 55.5 Å². The van der Waals surface area contributed by atoms with Gasteiger partial charge in [-0.1, -0.05) is 113 Å². The number of aryl methyl sites for hydroxylation is 2. The van der Waals surface area contributed by atoms with E-state index in [2.05, 4.69) is 40.7 Å².